The molecule has 1 aliphatic carbocycles. The van der Waals surface area contributed by atoms with Gasteiger partial charge < -0.3 is 10.2 Å². The van der Waals surface area contributed by atoms with Gasteiger partial charge in [0, 0.05) is 18.2 Å². The summed E-state index contributed by atoms with van der Waals surface area (Å²) >= 11 is 0. The van der Waals surface area contributed by atoms with Crippen molar-refractivity contribution in [1.82, 2.24) is 5.32 Å². The van der Waals surface area contributed by atoms with Gasteiger partial charge in [-0.3, -0.25) is 14.3 Å². The van der Waals surface area contributed by atoms with Crippen LogP contribution in [-0.4, -0.2) is 26.8 Å². The molecule has 2 amide bonds. The van der Waals surface area contributed by atoms with Crippen LogP contribution in [0.1, 0.15) is 47.3 Å². The summed E-state index contributed by atoms with van der Waals surface area (Å²) in [6.45, 7) is 2.45. The first-order valence-electron chi connectivity index (χ1n) is 11.8. The fourth-order valence-electron chi connectivity index (χ4n) is 4.40. The topological polar surface area (TPSA) is 95.6 Å². The number of para-hydroxylation sites is 1. The second-order valence-corrected chi connectivity index (χ2v) is 10.7. The third kappa shape index (κ3) is 4.79. The van der Waals surface area contributed by atoms with E-state index in [1.54, 1.807) is 41.3 Å². The molecule has 0 bridgehead atoms. The van der Waals surface area contributed by atoms with Crippen molar-refractivity contribution in [2.24, 2.45) is 5.92 Å². The fourth-order valence-corrected chi connectivity index (χ4v) is 5.53. The molecule has 1 fully saturated rings. The Morgan fingerprint density at radius 1 is 0.971 bits per heavy atom. The van der Waals surface area contributed by atoms with Gasteiger partial charge in [0.25, 0.3) is 15.9 Å². The summed E-state index contributed by atoms with van der Waals surface area (Å²) in [6.07, 6.45) is 2.48. The Labute approximate surface area is 205 Å². The number of hydrogen-bond acceptors (Lipinski definition) is 4. The molecule has 35 heavy (non-hydrogen) atoms. The highest BCUT2D eigenvalue weighted by Gasteiger charge is 2.36. The van der Waals surface area contributed by atoms with E-state index in [2.05, 4.69) is 10.0 Å². The highest BCUT2D eigenvalue weighted by Crippen LogP contribution is 2.37. The maximum Gasteiger partial charge on any atom is 0.261 e. The molecule has 1 aliphatic heterocycles. The third-order valence-electron chi connectivity index (χ3n) is 6.51. The van der Waals surface area contributed by atoms with Gasteiger partial charge in [-0.2, -0.15) is 0 Å². The molecule has 0 radical (unpaired) electrons. The number of amides is 2. The van der Waals surface area contributed by atoms with Crippen molar-refractivity contribution in [3.63, 3.8) is 0 Å². The molecule has 8 heteroatoms. The van der Waals surface area contributed by atoms with Crippen molar-refractivity contribution in [1.29, 1.82) is 0 Å². The quantitative estimate of drug-likeness (QED) is 0.518. The Morgan fingerprint density at radius 2 is 1.69 bits per heavy atom. The normalized spacial score (nSPS) is 15.9. The van der Waals surface area contributed by atoms with Crippen LogP contribution in [0.3, 0.4) is 0 Å². The van der Waals surface area contributed by atoms with Crippen molar-refractivity contribution in [3.8, 4) is 0 Å². The Kier molecular flexibility index (Phi) is 6.06. The summed E-state index contributed by atoms with van der Waals surface area (Å²) in [5.74, 6) is -0.136. The van der Waals surface area contributed by atoms with E-state index in [-0.39, 0.29) is 39.9 Å². The number of carbonyl (C=O) groups excluding carboxylic acids is 2. The van der Waals surface area contributed by atoms with Gasteiger partial charge in [0.2, 0.25) is 5.91 Å². The highest BCUT2D eigenvalue weighted by molar-refractivity contribution is 7.92. The molecule has 180 valence electrons. The van der Waals surface area contributed by atoms with Crippen LogP contribution in [-0.2, 0) is 21.2 Å². The third-order valence-corrected chi connectivity index (χ3v) is 7.88. The summed E-state index contributed by atoms with van der Waals surface area (Å²) in [7, 11) is -3.95. The summed E-state index contributed by atoms with van der Waals surface area (Å²) in [5, 5.41) is 2.93. The Balaban J connectivity index is 1.35. The predicted molar refractivity (Wildman–Crippen MR) is 135 cm³/mol. The molecule has 3 aromatic carbocycles. The maximum atomic E-state index is 13.2. The minimum absolute atomic E-state index is 0.102. The number of rotatable bonds is 7. The molecule has 3 aromatic rings. The summed E-state index contributed by atoms with van der Waals surface area (Å²) in [4.78, 5) is 27.4. The molecule has 0 saturated heterocycles. The zero-order valence-corrected chi connectivity index (χ0v) is 20.2. The number of anilines is 2. The molecular weight excluding hydrogens is 462 g/mol. The highest BCUT2D eigenvalue weighted by atomic mass is 32.2. The van der Waals surface area contributed by atoms with E-state index in [4.69, 9.17) is 0 Å². The van der Waals surface area contributed by atoms with Crippen LogP contribution in [0.25, 0.3) is 0 Å². The van der Waals surface area contributed by atoms with Crippen LogP contribution < -0.4 is 14.9 Å². The van der Waals surface area contributed by atoms with E-state index in [9.17, 15) is 18.0 Å². The first kappa shape index (κ1) is 23.1. The molecule has 2 aliphatic rings. The van der Waals surface area contributed by atoms with Crippen molar-refractivity contribution in [2.45, 2.75) is 37.1 Å². The number of nitrogens with one attached hydrogen (secondary N) is 2. The molecule has 1 atom stereocenters. The van der Waals surface area contributed by atoms with E-state index >= 15 is 0 Å². The lowest BCUT2D eigenvalue weighted by molar-refractivity contribution is -0.119. The summed E-state index contributed by atoms with van der Waals surface area (Å²) in [5.41, 5.74) is 3.02. The van der Waals surface area contributed by atoms with Crippen LogP contribution in [0, 0.1) is 5.92 Å². The van der Waals surface area contributed by atoms with Crippen molar-refractivity contribution < 1.29 is 18.0 Å². The minimum atomic E-state index is -3.95. The smallest absolute Gasteiger partial charge is 0.261 e. The number of nitrogens with zero attached hydrogens (tertiary/aromatic N) is 1. The second kappa shape index (κ2) is 9.19. The Bertz CT molecular complexity index is 1380. The maximum absolute atomic E-state index is 13.2. The van der Waals surface area contributed by atoms with Crippen molar-refractivity contribution >= 4 is 33.2 Å². The van der Waals surface area contributed by atoms with Crippen LogP contribution in [0.4, 0.5) is 11.4 Å². The molecule has 2 N–H and O–H groups in total. The number of carbonyl (C=O) groups is 2. The molecule has 1 saturated carbocycles. The number of hydrogen-bond donors (Lipinski definition) is 2. The zero-order chi connectivity index (χ0) is 24.6. The standard InChI is InChI=1S/C27H27N3O4S/c1-18(19-7-3-2-4-8-19)28-26(31)23-9-5-6-10-24(23)29-35(33,34)22-13-14-25-21(17-22)15-16-30(25)27(32)20-11-12-20/h2-10,13-14,17-18,20,29H,11-12,15-16H2,1H3,(H,28,31)/t18-/m1/s1. The van der Waals surface area contributed by atoms with E-state index in [0.29, 0.717) is 13.0 Å². The lowest BCUT2D eigenvalue weighted by atomic mass is 10.1. The van der Waals surface area contributed by atoms with Gasteiger partial charge in [-0.1, -0.05) is 42.5 Å². The predicted octanol–water partition coefficient (Wildman–Crippen LogP) is 4.28. The van der Waals surface area contributed by atoms with E-state index < -0.39 is 10.0 Å². The number of fused-ring (bicyclic) bond motifs is 1. The van der Waals surface area contributed by atoms with Gasteiger partial charge in [0.05, 0.1) is 22.2 Å². The number of benzene rings is 3. The average molecular weight is 490 g/mol. The lowest BCUT2D eigenvalue weighted by Gasteiger charge is -2.18. The molecule has 1 heterocycles. The van der Waals surface area contributed by atoms with Gasteiger partial charge in [-0.25, -0.2) is 8.42 Å². The van der Waals surface area contributed by atoms with Crippen LogP contribution >= 0.6 is 0 Å². The largest absolute Gasteiger partial charge is 0.345 e. The van der Waals surface area contributed by atoms with Crippen molar-refractivity contribution in [3.05, 3.63) is 89.5 Å². The van der Waals surface area contributed by atoms with E-state index in [0.717, 1.165) is 29.7 Å². The van der Waals surface area contributed by atoms with Gasteiger partial charge in [0.1, 0.15) is 0 Å². The van der Waals surface area contributed by atoms with Gasteiger partial charge in [0.15, 0.2) is 0 Å². The van der Waals surface area contributed by atoms with Crippen molar-refractivity contribution in [2.75, 3.05) is 16.2 Å². The molecule has 7 nitrogen and oxygen atoms in total. The first-order chi connectivity index (χ1) is 16.8. The Hall–Kier alpha value is -3.65. The fraction of sp³-hybridized carbons (Fsp3) is 0.259. The van der Waals surface area contributed by atoms with Gasteiger partial charge in [-0.15, -0.1) is 0 Å². The second-order valence-electron chi connectivity index (χ2n) is 9.06. The van der Waals surface area contributed by atoms with Crippen LogP contribution in [0.15, 0.2) is 77.7 Å². The molecular formula is C27H27N3O4S. The number of sulfonamides is 1. The van der Waals surface area contributed by atoms with Gasteiger partial charge >= 0.3 is 0 Å². The molecule has 0 spiro atoms. The van der Waals surface area contributed by atoms with Crippen LogP contribution in [0.2, 0.25) is 0 Å². The zero-order valence-electron chi connectivity index (χ0n) is 19.4. The van der Waals surface area contributed by atoms with Crippen LogP contribution in [0.5, 0.6) is 0 Å². The minimum Gasteiger partial charge on any atom is -0.345 e. The monoisotopic (exact) mass is 489 g/mol. The SMILES string of the molecule is C[C@@H](NC(=O)c1ccccc1NS(=O)(=O)c1ccc2c(c1)CCN2C(=O)C1CC1)c1ccccc1. The molecule has 5 rings (SSSR count). The lowest BCUT2D eigenvalue weighted by Crippen LogP contribution is -2.30. The Morgan fingerprint density at radius 3 is 2.43 bits per heavy atom. The van der Waals surface area contributed by atoms with E-state index in [1.165, 1.54) is 6.07 Å². The average Bonchev–Trinajstić information content (AvgIpc) is 3.63. The summed E-state index contributed by atoms with van der Waals surface area (Å²) in [6, 6.07) is 20.7. The van der Waals surface area contributed by atoms with Gasteiger partial charge in [-0.05, 0) is 67.6 Å². The molecule has 0 aromatic heterocycles. The molecule has 0 unspecified atom stereocenters. The van der Waals surface area contributed by atoms with E-state index in [1.807, 2.05) is 37.3 Å². The summed E-state index contributed by atoms with van der Waals surface area (Å²) < 4.78 is 29.0. The first-order valence-corrected chi connectivity index (χ1v) is 13.2.